The third-order valence-electron chi connectivity index (χ3n) is 2.40. The number of nitrogens with one attached hydrogen (secondary N) is 1. The van der Waals surface area contributed by atoms with Gasteiger partial charge in [-0.15, -0.1) is 0 Å². The van der Waals surface area contributed by atoms with Crippen molar-refractivity contribution >= 4 is 5.95 Å². The third kappa shape index (κ3) is 4.12. The van der Waals surface area contributed by atoms with Crippen LogP contribution in [-0.2, 0) is 0 Å². The molecule has 0 bridgehead atoms. The Morgan fingerprint density at radius 1 is 1.33 bits per heavy atom. The molecule has 3 N–H and O–H groups in total. The number of rotatable bonds is 7. The molecule has 0 aliphatic carbocycles. The molecule has 0 aromatic carbocycles. The summed E-state index contributed by atoms with van der Waals surface area (Å²) in [5.74, 6) is 0.830. The van der Waals surface area contributed by atoms with E-state index in [2.05, 4.69) is 15.3 Å². The van der Waals surface area contributed by atoms with Crippen LogP contribution in [0.15, 0.2) is 6.07 Å². The average molecular weight is 255 g/mol. The van der Waals surface area contributed by atoms with Crippen molar-refractivity contribution in [2.24, 2.45) is 0 Å². The Kier molecular flexibility index (Phi) is 5.30. The molecule has 0 aliphatic heterocycles. The highest BCUT2D eigenvalue weighted by molar-refractivity contribution is 5.33. The maximum absolute atomic E-state index is 9.22. The van der Waals surface area contributed by atoms with Crippen LogP contribution >= 0.6 is 0 Å². The molecular formula is C12H21N3O3. The number of hydrogen-bond acceptors (Lipinski definition) is 6. The number of hydrogen-bond donors (Lipinski definition) is 3. The highest BCUT2D eigenvalue weighted by Crippen LogP contribution is 2.16. The van der Waals surface area contributed by atoms with Gasteiger partial charge in [-0.2, -0.15) is 4.98 Å². The molecule has 0 spiro atoms. The fourth-order valence-corrected chi connectivity index (χ4v) is 1.28. The molecule has 1 rings (SSSR count). The van der Waals surface area contributed by atoms with Crippen LogP contribution in [0, 0.1) is 6.92 Å². The highest BCUT2D eigenvalue weighted by atomic mass is 16.5. The van der Waals surface area contributed by atoms with Gasteiger partial charge >= 0.3 is 0 Å². The monoisotopic (exact) mass is 255 g/mol. The molecule has 18 heavy (non-hydrogen) atoms. The summed E-state index contributed by atoms with van der Waals surface area (Å²) >= 11 is 0. The van der Waals surface area contributed by atoms with Gasteiger partial charge in [0.25, 0.3) is 0 Å². The van der Waals surface area contributed by atoms with Gasteiger partial charge in [-0.3, -0.25) is 0 Å². The van der Waals surface area contributed by atoms with Crippen LogP contribution in [0.5, 0.6) is 5.88 Å². The largest absolute Gasteiger partial charge is 0.478 e. The van der Waals surface area contributed by atoms with Crippen molar-refractivity contribution < 1.29 is 14.9 Å². The first-order valence-electron chi connectivity index (χ1n) is 6.01. The summed E-state index contributed by atoms with van der Waals surface area (Å²) in [6.45, 7) is 5.69. The van der Waals surface area contributed by atoms with Crippen molar-refractivity contribution in [3.8, 4) is 5.88 Å². The Bertz CT molecular complexity index is 381. The number of aliphatic hydroxyl groups is 2. The standard InChI is InChI=1S/C12H21N3O3/c1-4-5-18-10-6-9(2)13-11(14-10)15-12(3,7-16)8-17/h6,16-17H,4-5,7-8H2,1-3H3,(H,13,14,15). The zero-order valence-corrected chi connectivity index (χ0v) is 11.1. The Labute approximate surface area is 107 Å². The fourth-order valence-electron chi connectivity index (χ4n) is 1.28. The molecular weight excluding hydrogens is 234 g/mol. The Morgan fingerprint density at radius 2 is 2.00 bits per heavy atom. The summed E-state index contributed by atoms with van der Waals surface area (Å²) in [6, 6.07) is 1.75. The maximum Gasteiger partial charge on any atom is 0.226 e. The minimum Gasteiger partial charge on any atom is -0.478 e. The Hall–Kier alpha value is -1.40. The molecule has 0 aliphatic rings. The Balaban J connectivity index is 2.85. The predicted octanol–water partition coefficient (Wildman–Crippen LogP) is 0.729. The molecule has 0 radical (unpaired) electrons. The number of ether oxygens (including phenoxy) is 1. The fraction of sp³-hybridized carbons (Fsp3) is 0.667. The molecule has 0 atom stereocenters. The molecule has 0 saturated carbocycles. The van der Waals surface area contributed by atoms with Gasteiger partial charge in [0.05, 0.1) is 25.4 Å². The van der Waals surface area contributed by atoms with Gasteiger partial charge in [0.2, 0.25) is 11.8 Å². The third-order valence-corrected chi connectivity index (χ3v) is 2.40. The summed E-state index contributed by atoms with van der Waals surface area (Å²) in [5, 5.41) is 21.3. The number of aliphatic hydroxyl groups excluding tert-OH is 2. The number of anilines is 1. The van der Waals surface area contributed by atoms with Gasteiger partial charge in [0.1, 0.15) is 0 Å². The average Bonchev–Trinajstić information content (AvgIpc) is 2.35. The van der Waals surface area contributed by atoms with Crippen molar-refractivity contribution in [2.75, 3.05) is 25.1 Å². The maximum atomic E-state index is 9.22. The lowest BCUT2D eigenvalue weighted by molar-refractivity contribution is 0.147. The van der Waals surface area contributed by atoms with E-state index in [0.29, 0.717) is 18.4 Å². The van der Waals surface area contributed by atoms with E-state index in [-0.39, 0.29) is 13.2 Å². The second-order valence-corrected chi connectivity index (χ2v) is 4.52. The summed E-state index contributed by atoms with van der Waals surface area (Å²) in [5.41, 5.74) is -0.0904. The first-order chi connectivity index (χ1) is 8.53. The van der Waals surface area contributed by atoms with Crippen LogP contribution in [0.1, 0.15) is 26.0 Å². The first kappa shape index (κ1) is 14.7. The summed E-state index contributed by atoms with van der Waals surface area (Å²) in [4.78, 5) is 8.38. The van der Waals surface area contributed by atoms with Crippen molar-refractivity contribution in [2.45, 2.75) is 32.7 Å². The molecule has 6 nitrogen and oxygen atoms in total. The van der Waals surface area contributed by atoms with Gasteiger partial charge in [0.15, 0.2) is 0 Å². The van der Waals surface area contributed by atoms with Crippen molar-refractivity contribution in [1.29, 1.82) is 0 Å². The zero-order valence-electron chi connectivity index (χ0n) is 11.1. The highest BCUT2D eigenvalue weighted by Gasteiger charge is 2.23. The van der Waals surface area contributed by atoms with E-state index in [1.807, 2.05) is 13.8 Å². The van der Waals surface area contributed by atoms with Gasteiger partial charge < -0.3 is 20.3 Å². The molecule has 6 heteroatoms. The lowest BCUT2D eigenvalue weighted by atomic mass is 10.1. The van der Waals surface area contributed by atoms with Crippen LogP contribution in [0.25, 0.3) is 0 Å². The zero-order chi connectivity index (χ0) is 13.6. The number of aromatic nitrogens is 2. The van der Waals surface area contributed by atoms with Crippen molar-refractivity contribution in [1.82, 2.24) is 9.97 Å². The molecule has 102 valence electrons. The molecule has 0 saturated heterocycles. The minimum atomic E-state index is -0.851. The lowest BCUT2D eigenvalue weighted by Gasteiger charge is -2.26. The molecule has 0 unspecified atom stereocenters. The molecule has 1 aromatic heterocycles. The minimum absolute atomic E-state index is 0.216. The smallest absolute Gasteiger partial charge is 0.226 e. The molecule has 0 fully saturated rings. The van der Waals surface area contributed by atoms with Crippen LogP contribution in [0.2, 0.25) is 0 Å². The van der Waals surface area contributed by atoms with E-state index in [1.165, 1.54) is 0 Å². The van der Waals surface area contributed by atoms with Crippen LogP contribution in [-0.4, -0.2) is 45.5 Å². The number of aryl methyl sites for hydroxylation is 1. The normalized spacial score (nSPS) is 11.4. The lowest BCUT2D eigenvalue weighted by Crippen LogP contribution is -2.43. The second kappa shape index (κ2) is 6.51. The second-order valence-electron chi connectivity index (χ2n) is 4.52. The predicted molar refractivity (Wildman–Crippen MR) is 68.8 cm³/mol. The van der Waals surface area contributed by atoms with Crippen LogP contribution in [0.3, 0.4) is 0 Å². The van der Waals surface area contributed by atoms with Gasteiger partial charge in [-0.25, -0.2) is 4.98 Å². The Morgan fingerprint density at radius 3 is 2.56 bits per heavy atom. The van der Waals surface area contributed by atoms with Crippen LogP contribution < -0.4 is 10.1 Å². The SMILES string of the molecule is CCCOc1cc(C)nc(NC(C)(CO)CO)n1. The van der Waals surface area contributed by atoms with Gasteiger partial charge in [-0.1, -0.05) is 6.92 Å². The topological polar surface area (TPSA) is 87.5 Å². The van der Waals surface area contributed by atoms with Gasteiger partial charge in [0, 0.05) is 11.8 Å². The summed E-state index contributed by atoms with van der Waals surface area (Å²) in [6.07, 6.45) is 0.900. The molecule has 1 aromatic rings. The van der Waals surface area contributed by atoms with Crippen molar-refractivity contribution in [3.63, 3.8) is 0 Å². The first-order valence-corrected chi connectivity index (χ1v) is 6.01. The van der Waals surface area contributed by atoms with E-state index in [1.54, 1.807) is 13.0 Å². The van der Waals surface area contributed by atoms with E-state index in [4.69, 9.17) is 4.74 Å². The quantitative estimate of drug-likeness (QED) is 0.665. The van der Waals surface area contributed by atoms with E-state index in [0.717, 1.165) is 12.1 Å². The van der Waals surface area contributed by atoms with E-state index in [9.17, 15) is 10.2 Å². The summed E-state index contributed by atoms with van der Waals surface area (Å²) < 4.78 is 5.44. The van der Waals surface area contributed by atoms with Gasteiger partial charge in [-0.05, 0) is 20.3 Å². The van der Waals surface area contributed by atoms with Crippen LogP contribution in [0.4, 0.5) is 5.95 Å². The van der Waals surface area contributed by atoms with E-state index < -0.39 is 5.54 Å². The number of nitrogens with zero attached hydrogens (tertiary/aromatic N) is 2. The van der Waals surface area contributed by atoms with Crippen molar-refractivity contribution in [3.05, 3.63) is 11.8 Å². The molecule has 0 amide bonds. The molecule has 1 heterocycles. The van der Waals surface area contributed by atoms with E-state index >= 15 is 0 Å². The summed E-state index contributed by atoms with van der Waals surface area (Å²) in [7, 11) is 0.